The highest BCUT2D eigenvalue weighted by molar-refractivity contribution is 7.11. The van der Waals surface area contributed by atoms with E-state index in [0.717, 1.165) is 32.5 Å². The molecule has 0 saturated carbocycles. The number of hydrogen-bond acceptors (Lipinski definition) is 3. The summed E-state index contributed by atoms with van der Waals surface area (Å²) < 4.78 is 0. The number of hydrogen-bond donors (Lipinski definition) is 1. The molecule has 80 valence electrons. The predicted octanol–water partition coefficient (Wildman–Crippen LogP) is 2.09. The molecule has 0 unspecified atom stereocenters. The van der Waals surface area contributed by atoms with Crippen LogP contribution in [0.3, 0.4) is 0 Å². The molecule has 0 aliphatic rings. The highest BCUT2D eigenvalue weighted by atomic mass is 32.1. The zero-order valence-corrected chi connectivity index (χ0v) is 9.94. The van der Waals surface area contributed by atoms with E-state index in [1.54, 1.807) is 0 Å². The van der Waals surface area contributed by atoms with Crippen molar-refractivity contribution in [2.75, 3.05) is 20.1 Å². The molecule has 3 heteroatoms. The third-order valence-electron chi connectivity index (χ3n) is 2.24. The Morgan fingerprint density at radius 2 is 2.07 bits per heavy atom. The zero-order chi connectivity index (χ0) is 10.4. The molecule has 0 radical (unpaired) electrons. The summed E-state index contributed by atoms with van der Waals surface area (Å²) >= 11 is 1.92. The largest absolute Gasteiger partial charge is 0.330 e. The summed E-state index contributed by atoms with van der Waals surface area (Å²) in [6, 6.07) is 4.47. The van der Waals surface area contributed by atoms with Crippen LogP contribution in [0, 0.1) is 0 Å². The normalized spacial score (nSPS) is 11.1. The van der Waals surface area contributed by atoms with Gasteiger partial charge in [-0.25, -0.2) is 0 Å². The van der Waals surface area contributed by atoms with E-state index in [1.165, 1.54) is 9.75 Å². The first-order chi connectivity index (χ1) is 6.76. The lowest BCUT2D eigenvalue weighted by Crippen LogP contribution is -2.20. The first-order valence-electron chi connectivity index (χ1n) is 5.22. The van der Waals surface area contributed by atoms with E-state index < -0.39 is 0 Å². The van der Waals surface area contributed by atoms with Gasteiger partial charge in [0.15, 0.2) is 0 Å². The number of nitrogens with zero attached hydrogens (tertiary/aromatic N) is 1. The van der Waals surface area contributed by atoms with Crippen molar-refractivity contribution in [1.82, 2.24) is 4.90 Å². The Morgan fingerprint density at radius 1 is 1.36 bits per heavy atom. The second kappa shape index (κ2) is 6.17. The van der Waals surface area contributed by atoms with Gasteiger partial charge in [0.2, 0.25) is 0 Å². The van der Waals surface area contributed by atoms with Gasteiger partial charge in [-0.15, -0.1) is 11.3 Å². The number of rotatable bonds is 6. The van der Waals surface area contributed by atoms with Crippen LogP contribution >= 0.6 is 11.3 Å². The molecule has 0 bridgehead atoms. The molecule has 0 fully saturated rings. The lowest BCUT2D eigenvalue weighted by molar-refractivity contribution is 0.327. The molecule has 14 heavy (non-hydrogen) atoms. The van der Waals surface area contributed by atoms with Gasteiger partial charge in [0.05, 0.1) is 0 Å². The van der Waals surface area contributed by atoms with Gasteiger partial charge in [-0.1, -0.05) is 6.92 Å². The average molecular weight is 212 g/mol. The standard InChI is InChI=1S/C11H20N2S/c1-3-10-5-6-11(14-10)9-13(2)8-4-7-12/h5-6H,3-4,7-9,12H2,1-2H3. The van der Waals surface area contributed by atoms with Crippen LogP contribution in [0.2, 0.25) is 0 Å². The van der Waals surface area contributed by atoms with Crippen molar-refractivity contribution in [3.05, 3.63) is 21.9 Å². The zero-order valence-electron chi connectivity index (χ0n) is 9.12. The number of aryl methyl sites for hydroxylation is 1. The third-order valence-corrected chi connectivity index (χ3v) is 3.45. The van der Waals surface area contributed by atoms with Gasteiger partial charge >= 0.3 is 0 Å². The smallest absolute Gasteiger partial charge is 0.0324 e. The Balaban J connectivity index is 2.35. The highest BCUT2D eigenvalue weighted by Crippen LogP contribution is 2.18. The minimum Gasteiger partial charge on any atom is -0.330 e. The molecule has 2 nitrogen and oxygen atoms in total. The van der Waals surface area contributed by atoms with Crippen molar-refractivity contribution in [3.63, 3.8) is 0 Å². The molecule has 0 spiro atoms. The monoisotopic (exact) mass is 212 g/mol. The van der Waals surface area contributed by atoms with Crippen molar-refractivity contribution in [2.45, 2.75) is 26.3 Å². The molecule has 2 N–H and O–H groups in total. The van der Waals surface area contributed by atoms with Gasteiger partial charge in [-0.3, -0.25) is 0 Å². The molecule has 0 aromatic carbocycles. The quantitative estimate of drug-likeness (QED) is 0.782. The molecular weight excluding hydrogens is 192 g/mol. The van der Waals surface area contributed by atoms with E-state index >= 15 is 0 Å². The number of nitrogens with two attached hydrogens (primary N) is 1. The Kier molecular flexibility index (Phi) is 5.15. The summed E-state index contributed by atoms with van der Waals surface area (Å²) in [7, 11) is 2.15. The van der Waals surface area contributed by atoms with Crippen molar-refractivity contribution in [3.8, 4) is 0 Å². The second-order valence-electron chi connectivity index (χ2n) is 3.60. The molecule has 0 saturated heterocycles. The molecule has 0 aliphatic carbocycles. The predicted molar refractivity (Wildman–Crippen MR) is 63.7 cm³/mol. The van der Waals surface area contributed by atoms with Crippen molar-refractivity contribution >= 4 is 11.3 Å². The molecule has 0 amide bonds. The third kappa shape index (κ3) is 3.78. The molecule has 1 rings (SSSR count). The summed E-state index contributed by atoms with van der Waals surface area (Å²) in [6.07, 6.45) is 2.24. The molecule has 0 atom stereocenters. The van der Waals surface area contributed by atoms with Crippen LogP contribution in [0.1, 0.15) is 23.1 Å². The van der Waals surface area contributed by atoms with Crippen molar-refractivity contribution < 1.29 is 0 Å². The summed E-state index contributed by atoms with van der Waals surface area (Å²) in [5.41, 5.74) is 5.47. The maximum absolute atomic E-state index is 5.47. The van der Waals surface area contributed by atoms with Crippen molar-refractivity contribution in [1.29, 1.82) is 0 Å². The fraction of sp³-hybridized carbons (Fsp3) is 0.636. The second-order valence-corrected chi connectivity index (χ2v) is 4.85. The molecule has 0 aliphatic heterocycles. The fourth-order valence-electron chi connectivity index (χ4n) is 1.40. The summed E-state index contributed by atoms with van der Waals surface area (Å²) in [5, 5.41) is 0. The van der Waals surface area contributed by atoms with Crippen LogP contribution in [0.15, 0.2) is 12.1 Å². The lowest BCUT2D eigenvalue weighted by Gasteiger charge is -2.14. The van der Waals surface area contributed by atoms with E-state index in [1.807, 2.05) is 11.3 Å². The Hall–Kier alpha value is -0.380. The fourth-order valence-corrected chi connectivity index (χ4v) is 2.44. The first kappa shape index (κ1) is 11.7. The van der Waals surface area contributed by atoms with Crippen LogP contribution in [0.5, 0.6) is 0 Å². The van der Waals surface area contributed by atoms with Crippen LogP contribution in [-0.4, -0.2) is 25.0 Å². The van der Waals surface area contributed by atoms with Crippen LogP contribution in [-0.2, 0) is 13.0 Å². The first-order valence-corrected chi connectivity index (χ1v) is 6.04. The molecule has 1 heterocycles. The summed E-state index contributed by atoms with van der Waals surface area (Å²) in [5.74, 6) is 0. The van der Waals surface area contributed by atoms with Gasteiger partial charge in [-0.2, -0.15) is 0 Å². The topological polar surface area (TPSA) is 29.3 Å². The maximum atomic E-state index is 5.47. The molecular formula is C11H20N2S. The van der Waals surface area contributed by atoms with Crippen molar-refractivity contribution in [2.24, 2.45) is 5.73 Å². The number of thiophene rings is 1. The van der Waals surface area contributed by atoms with Crippen LogP contribution < -0.4 is 5.73 Å². The average Bonchev–Trinajstić information content (AvgIpc) is 2.62. The van der Waals surface area contributed by atoms with Gasteiger partial charge < -0.3 is 10.6 Å². The van der Waals surface area contributed by atoms with Crippen LogP contribution in [0.25, 0.3) is 0 Å². The summed E-state index contributed by atoms with van der Waals surface area (Å²) in [6.45, 7) is 5.14. The van der Waals surface area contributed by atoms with Gasteiger partial charge in [0.1, 0.15) is 0 Å². The SMILES string of the molecule is CCc1ccc(CN(C)CCCN)s1. The van der Waals surface area contributed by atoms with E-state index in [4.69, 9.17) is 5.73 Å². The Labute approximate surface area is 90.7 Å². The van der Waals surface area contributed by atoms with Gasteiger partial charge in [0.25, 0.3) is 0 Å². The minimum absolute atomic E-state index is 0.787. The van der Waals surface area contributed by atoms with E-state index in [0.29, 0.717) is 0 Å². The van der Waals surface area contributed by atoms with Gasteiger partial charge in [-0.05, 0) is 45.1 Å². The van der Waals surface area contributed by atoms with Gasteiger partial charge in [0, 0.05) is 16.3 Å². The molecule has 1 aromatic rings. The lowest BCUT2D eigenvalue weighted by atomic mass is 10.3. The van der Waals surface area contributed by atoms with E-state index in [-0.39, 0.29) is 0 Å². The highest BCUT2D eigenvalue weighted by Gasteiger charge is 2.02. The molecule has 1 aromatic heterocycles. The Morgan fingerprint density at radius 3 is 2.64 bits per heavy atom. The van der Waals surface area contributed by atoms with E-state index in [2.05, 4.69) is 31.0 Å². The maximum Gasteiger partial charge on any atom is 0.0324 e. The minimum atomic E-state index is 0.787. The van der Waals surface area contributed by atoms with E-state index in [9.17, 15) is 0 Å². The summed E-state index contributed by atoms with van der Waals surface area (Å²) in [4.78, 5) is 5.27. The van der Waals surface area contributed by atoms with Crippen LogP contribution in [0.4, 0.5) is 0 Å². The Bertz CT molecular complexity index is 258.